The monoisotopic (exact) mass is 541 g/mol. The molecule has 4 aromatic rings. The third-order valence-electron chi connectivity index (χ3n) is 6.03. The third-order valence-corrected chi connectivity index (χ3v) is 6.03. The minimum atomic E-state index is -4.79. The molecule has 0 bridgehead atoms. The molecule has 0 spiro atoms. The molecule has 0 unspecified atom stereocenters. The number of benzene rings is 1. The van der Waals surface area contributed by atoms with Gasteiger partial charge in [-0.05, 0) is 29.3 Å². The van der Waals surface area contributed by atoms with Crippen molar-refractivity contribution in [3.63, 3.8) is 0 Å². The molecule has 12 heteroatoms. The molecule has 9 nitrogen and oxygen atoms in total. The van der Waals surface area contributed by atoms with E-state index in [0.29, 0.717) is 47.3 Å². The fraction of sp³-hybridized carbons (Fsp3) is 0.222. The molecule has 0 atom stereocenters. The van der Waals surface area contributed by atoms with Gasteiger partial charge in [-0.25, -0.2) is 0 Å². The summed E-state index contributed by atoms with van der Waals surface area (Å²) in [6.07, 6.45) is 0.00563. The first kappa shape index (κ1) is 27.5. The van der Waals surface area contributed by atoms with Gasteiger partial charge in [0.05, 0.1) is 6.61 Å². The van der Waals surface area contributed by atoms with Gasteiger partial charge in [-0.15, -0.1) is 13.2 Å². The minimum absolute atomic E-state index is 0.0679. The molecule has 1 aromatic carbocycles. The Kier molecular flexibility index (Phi) is 7.77. The summed E-state index contributed by atoms with van der Waals surface area (Å²) in [7, 11) is 4.74. The summed E-state index contributed by atoms with van der Waals surface area (Å²) in [4.78, 5) is 31.2. The number of aryl methyl sites for hydroxylation is 2. The fourth-order valence-corrected chi connectivity index (χ4v) is 4.13. The summed E-state index contributed by atoms with van der Waals surface area (Å²) >= 11 is 0. The van der Waals surface area contributed by atoms with Crippen LogP contribution in [0.15, 0.2) is 69.6 Å². The Hall–Kier alpha value is -4.58. The van der Waals surface area contributed by atoms with Crippen LogP contribution in [0.25, 0.3) is 38.7 Å². The zero-order chi connectivity index (χ0) is 28.3. The number of nitrogens with one attached hydrogen (secondary N) is 1. The van der Waals surface area contributed by atoms with Crippen molar-refractivity contribution in [1.29, 1.82) is 0 Å². The van der Waals surface area contributed by atoms with Gasteiger partial charge in [0, 0.05) is 79.9 Å². The Morgan fingerprint density at radius 2 is 1.79 bits per heavy atom. The van der Waals surface area contributed by atoms with Gasteiger partial charge in [0.25, 0.3) is 11.1 Å². The molecular weight excluding hydrogens is 515 g/mol. The predicted molar refractivity (Wildman–Crippen MR) is 144 cm³/mol. The van der Waals surface area contributed by atoms with Crippen LogP contribution in [0.3, 0.4) is 0 Å². The molecule has 4 rings (SSSR count). The van der Waals surface area contributed by atoms with Gasteiger partial charge in [0.15, 0.2) is 0 Å². The van der Waals surface area contributed by atoms with Crippen LogP contribution in [0, 0.1) is 0 Å². The van der Waals surface area contributed by atoms with Crippen LogP contribution in [-0.4, -0.2) is 47.0 Å². The third kappa shape index (κ3) is 5.96. The molecule has 0 aliphatic heterocycles. The highest BCUT2D eigenvalue weighted by Gasteiger charge is 2.25. The Bertz CT molecular complexity index is 1700. The Morgan fingerprint density at radius 1 is 1.05 bits per heavy atom. The topological polar surface area (TPSA) is 117 Å². The smallest absolute Gasteiger partial charge is 0.491 e. The molecule has 39 heavy (non-hydrogen) atoms. The molecular formula is C27H26F3N5O4. The molecule has 3 N–H and O–H groups in total. The number of aliphatic imine (C=N–C) groups is 1. The number of fused-ring (bicyclic) bond motifs is 1. The number of hydrogen-bond acceptors (Lipinski definition) is 6. The highest BCUT2D eigenvalue weighted by Crippen LogP contribution is 2.36. The lowest BCUT2D eigenvalue weighted by Crippen LogP contribution is -2.18. The van der Waals surface area contributed by atoms with Crippen molar-refractivity contribution >= 4 is 22.7 Å². The SMILES string of the molecule is COCCOc1cccc(-c2cn(C)c(=O)cc2-c2cn(C)c(=O)c3[nH]c(C(C=NC(F)(F)F)=CN)cc23)c1. The van der Waals surface area contributed by atoms with Gasteiger partial charge >= 0.3 is 6.30 Å². The number of rotatable bonds is 8. The van der Waals surface area contributed by atoms with Gasteiger partial charge in [0.2, 0.25) is 0 Å². The first-order valence-corrected chi connectivity index (χ1v) is 11.7. The molecule has 0 aliphatic carbocycles. The van der Waals surface area contributed by atoms with E-state index in [1.165, 1.54) is 21.3 Å². The molecule has 0 saturated heterocycles. The number of nitrogens with two attached hydrogens (primary N) is 1. The normalized spacial score (nSPS) is 12.5. The van der Waals surface area contributed by atoms with E-state index in [-0.39, 0.29) is 22.3 Å². The van der Waals surface area contributed by atoms with Crippen molar-refractivity contribution in [3.8, 4) is 28.0 Å². The minimum Gasteiger partial charge on any atom is -0.491 e. The van der Waals surface area contributed by atoms with Crippen molar-refractivity contribution in [2.75, 3.05) is 20.3 Å². The summed E-state index contributed by atoms with van der Waals surface area (Å²) in [6, 6.07) is 10.3. The number of aromatic nitrogens is 3. The van der Waals surface area contributed by atoms with Crippen LogP contribution in [0.2, 0.25) is 0 Å². The van der Waals surface area contributed by atoms with Crippen molar-refractivity contribution < 1.29 is 22.6 Å². The van der Waals surface area contributed by atoms with E-state index in [1.54, 1.807) is 39.7 Å². The van der Waals surface area contributed by atoms with Crippen LogP contribution >= 0.6 is 0 Å². The molecule has 0 radical (unpaired) electrons. The summed E-state index contributed by atoms with van der Waals surface area (Å²) in [6.45, 7) is 0.760. The van der Waals surface area contributed by atoms with Crippen molar-refractivity contribution in [1.82, 2.24) is 14.1 Å². The second kappa shape index (κ2) is 11.0. The highest BCUT2D eigenvalue weighted by molar-refractivity contribution is 6.11. The number of H-pyrrole nitrogens is 1. The van der Waals surface area contributed by atoms with E-state index >= 15 is 0 Å². The number of aromatic amines is 1. The van der Waals surface area contributed by atoms with Crippen LogP contribution < -0.4 is 21.6 Å². The van der Waals surface area contributed by atoms with Gasteiger partial charge in [-0.3, -0.25) is 9.59 Å². The second-order valence-corrected chi connectivity index (χ2v) is 8.70. The lowest BCUT2D eigenvalue weighted by Gasteiger charge is -2.15. The van der Waals surface area contributed by atoms with Gasteiger partial charge in [-0.2, -0.15) is 4.99 Å². The zero-order valence-corrected chi connectivity index (χ0v) is 21.4. The number of methoxy groups -OCH3 is 1. The first-order valence-electron chi connectivity index (χ1n) is 11.7. The van der Waals surface area contributed by atoms with Crippen molar-refractivity contribution in [3.05, 3.63) is 81.4 Å². The lowest BCUT2D eigenvalue weighted by molar-refractivity contribution is -0.118. The number of allylic oxidation sites excluding steroid dienone is 1. The molecule has 3 aromatic heterocycles. The number of ether oxygens (including phenoxy) is 2. The number of halogens is 3. The predicted octanol–water partition coefficient (Wildman–Crippen LogP) is 3.81. The van der Waals surface area contributed by atoms with E-state index < -0.39 is 11.9 Å². The number of hydrogen-bond donors (Lipinski definition) is 2. The zero-order valence-electron chi connectivity index (χ0n) is 21.4. The van der Waals surface area contributed by atoms with Gasteiger partial charge in [0.1, 0.15) is 17.9 Å². The Labute approximate surface area is 220 Å². The van der Waals surface area contributed by atoms with Crippen LogP contribution in [-0.2, 0) is 18.8 Å². The van der Waals surface area contributed by atoms with Crippen molar-refractivity contribution in [2.24, 2.45) is 24.8 Å². The Morgan fingerprint density at radius 3 is 2.49 bits per heavy atom. The van der Waals surface area contributed by atoms with E-state index in [1.807, 2.05) is 18.2 Å². The lowest BCUT2D eigenvalue weighted by atomic mass is 9.95. The average molecular weight is 542 g/mol. The number of nitrogens with zero attached hydrogens (tertiary/aromatic N) is 3. The van der Waals surface area contributed by atoms with E-state index in [2.05, 4.69) is 9.98 Å². The summed E-state index contributed by atoms with van der Waals surface area (Å²) in [5.74, 6) is 0.598. The maximum Gasteiger partial charge on any atom is 0.503 e. The molecule has 0 amide bonds. The second-order valence-electron chi connectivity index (χ2n) is 8.70. The summed E-state index contributed by atoms with van der Waals surface area (Å²) in [5.41, 5.74) is 7.53. The van der Waals surface area contributed by atoms with Gasteiger partial charge < -0.3 is 29.3 Å². The standard InChI is InChI=1S/C27H26F3N5O4/c1-34-14-21(16-5-4-6-18(9-16)39-8-7-38-3)19(11-24(34)36)22-15-35(2)26(37)25-20(22)10-23(33-25)17(12-31)13-32-27(28,29)30/h4-6,9-15,33H,7-8,31H2,1-3H3. The van der Waals surface area contributed by atoms with E-state index in [9.17, 15) is 22.8 Å². The van der Waals surface area contributed by atoms with Crippen LogP contribution in [0.1, 0.15) is 5.69 Å². The maximum atomic E-state index is 13.0. The summed E-state index contributed by atoms with van der Waals surface area (Å²) in [5, 5.41) is 0.398. The Balaban J connectivity index is 1.94. The van der Waals surface area contributed by atoms with E-state index in [0.717, 1.165) is 11.8 Å². The summed E-state index contributed by atoms with van der Waals surface area (Å²) < 4.78 is 51.6. The van der Waals surface area contributed by atoms with Gasteiger partial charge in [-0.1, -0.05) is 12.1 Å². The number of pyridine rings is 2. The fourth-order valence-electron chi connectivity index (χ4n) is 4.13. The molecule has 0 aliphatic rings. The maximum absolute atomic E-state index is 13.0. The van der Waals surface area contributed by atoms with Crippen LogP contribution in [0.4, 0.5) is 13.2 Å². The molecule has 3 heterocycles. The highest BCUT2D eigenvalue weighted by atomic mass is 19.4. The van der Waals surface area contributed by atoms with Crippen LogP contribution in [0.5, 0.6) is 5.75 Å². The average Bonchev–Trinajstić information content (AvgIpc) is 3.33. The first-order chi connectivity index (χ1) is 18.5. The van der Waals surface area contributed by atoms with Crippen molar-refractivity contribution in [2.45, 2.75) is 6.30 Å². The molecule has 204 valence electrons. The molecule has 0 saturated carbocycles. The van der Waals surface area contributed by atoms with E-state index in [4.69, 9.17) is 15.2 Å². The molecule has 0 fully saturated rings. The quantitative estimate of drug-likeness (QED) is 0.200. The largest absolute Gasteiger partial charge is 0.503 e. The number of alkyl halides is 3.